The summed E-state index contributed by atoms with van der Waals surface area (Å²) in [5, 5.41) is 12.7. The van der Waals surface area contributed by atoms with Crippen LogP contribution in [0.1, 0.15) is 5.69 Å². The van der Waals surface area contributed by atoms with Gasteiger partial charge >= 0.3 is 0 Å². The van der Waals surface area contributed by atoms with E-state index in [1.165, 1.54) is 23.2 Å². The lowest BCUT2D eigenvalue weighted by molar-refractivity contribution is 0.550. The van der Waals surface area contributed by atoms with E-state index >= 15 is 0 Å². The molecule has 8 heteroatoms. The number of benzene rings is 2. The summed E-state index contributed by atoms with van der Waals surface area (Å²) in [6.07, 6.45) is 1.53. The summed E-state index contributed by atoms with van der Waals surface area (Å²) in [5.74, 6) is 0.456. The SMILES string of the molecule is Fc1cccc(-c2nnn(Cc3coc(-c4cccc(Cl)c4)n3)n2)c1. The second-order valence-corrected chi connectivity index (χ2v) is 5.74. The van der Waals surface area contributed by atoms with Crippen molar-refractivity contribution in [1.29, 1.82) is 0 Å². The molecule has 0 amide bonds. The smallest absolute Gasteiger partial charge is 0.226 e. The molecule has 0 bridgehead atoms. The van der Waals surface area contributed by atoms with Gasteiger partial charge in [-0.15, -0.1) is 10.2 Å². The van der Waals surface area contributed by atoms with Crippen LogP contribution < -0.4 is 0 Å². The first-order valence-electron chi connectivity index (χ1n) is 7.41. The molecule has 0 aliphatic heterocycles. The van der Waals surface area contributed by atoms with Gasteiger partial charge in [0.15, 0.2) is 0 Å². The molecule has 0 radical (unpaired) electrons. The minimum absolute atomic E-state index is 0.284. The van der Waals surface area contributed by atoms with Crippen LogP contribution in [-0.4, -0.2) is 25.2 Å². The first-order chi connectivity index (χ1) is 12.2. The quantitative estimate of drug-likeness (QED) is 0.556. The van der Waals surface area contributed by atoms with Crippen molar-refractivity contribution in [3.8, 4) is 22.8 Å². The van der Waals surface area contributed by atoms with Gasteiger partial charge in [0.2, 0.25) is 11.7 Å². The fourth-order valence-electron chi connectivity index (χ4n) is 2.33. The monoisotopic (exact) mass is 355 g/mol. The van der Waals surface area contributed by atoms with E-state index in [-0.39, 0.29) is 12.4 Å². The number of rotatable bonds is 4. The lowest BCUT2D eigenvalue weighted by atomic mass is 10.2. The molecule has 2 aromatic heterocycles. The van der Waals surface area contributed by atoms with Gasteiger partial charge in [-0.1, -0.05) is 29.8 Å². The Kier molecular flexibility index (Phi) is 3.99. The van der Waals surface area contributed by atoms with Crippen LogP contribution in [0.4, 0.5) is 4.39 Å². The van der Waals surface area contributed by atoms with Crippen LogP contribution >= 0.6 is 11.6 Å². The van der Waals surface area contributed by atoms with E-state index in [9.17, 15) is 4.39 Å². The van der Waals surface area contributed by atoms with Gasteiger partial charge in [0.1, 0.15) is 24.3 Å². The summed E-state index contributed by atoms with van der Waals surface area (Å²) >= 11 is 5.97. The van der Waals surface area contributed by atoms with Gasteiger partial charge < -0.3 is 4.42 Å². The molecule has 0 aliphatic carbocycles. The Hall–Kier alpha value is -3.06. The molecule has 4 rings (SSSR count). The van der Waals surface area contributed by atoms with Gasteiger partial charge in [-0.2, -0.15) is 4.80 Å². The Labute approximate surface area is 146 Å². The molecule has 25 heavy (non-hydrogen) atoms. The molecular weight excluding hydrogens is 345 g/mol. The van der Waals surface area contributed by atoms with E-state index in [1.807, 2.05) is 12.1 Å². The zero-order chi connectivity index (χ0) is 17.2. The normalized spacial score (nSPS) is 11.0. The molecule has 2 heterocycles. The van der Waals surface area contributed by atoms with Crippen molar-refractivity contribution in [1.82, 2.24) is 25.2 Å². The van der Waals surface area contributed by atoms with Crippen LogP contribution in [0.25, 0.3) is 22.8 Å². The van der Waals surface area contributed by atoms with Crippen molar-refractivity contribution in [3.63, 3.8) is 0 Å². The van der Waals surface area contributed by atoms with Gasteiger partial charge in [-0.05, 0) is 35.5 Å². The average molecular weight is 356 g/mol. The van der Waals surface area contributed by atoms with Crippen LogP contribution in [0.2, 0.25) is 5.02 Å². The number of hydrogen-bond donors (Lipinski definition) is 0. The number of hydrogen-bond acceptors (Lipinski definition) is 5. The van der Waals surface area contributed by atoms with Crippen molar-refractivity contribution in [3.05, 3.63) is 71.3 Å². The fraction of sp³-hybridized carbons (Fsp3) is 0.0588. The Morgan fingerprint density at radius 2 is 1.92 bits per heavy atom. The molecule has 2 aromatic carbocycles. The number of aromatic nitrogens is 5. The first kappa shape index (κ1) is 15.5. The minimum Gasteiger partial charge on any atom is -0.444 e. The largest absolute Gasteiger partial charge is 0.444 e. The maximum atomic E-state index is 13.3. The standard InChI is InChI=1S/C17H11ClFN5O/c18-13-5-1-4-12(7-13)17-20-15(10-25-17)9-24-22-16(21-23-24)11-3-2-6-14(19)8-11/h1-8,10H,9H2. The van der Waals surface area contributed by atoms with Crippen LogP contribution in [0, 0.1) is 5.82 Å². The van der Waals surface area contributed by atoms with Gasteiger partial charge in [0.05, 0.1) is 0 Å². The second kappa shape index (κ2) is 6.45. The predicted molar refractivity (Wildman–Crippen MR) is 89.3 cm³/mol. The van der Waals surface area contributed by atoms with E-state index < -0.39 is 0 Å². The molecular formula is C17H11ClFN5O. The minimum atomic E-state index is -0.350. The van der Waals surface area contributed by atoms with Gasteiger partial charge in [-0.25, -0.2) is 9.37 Å². The van der Waals surface area contributed by atoms with Crippen LogP contribution in [0.3, 0.4) is 0 Å². The molecule has 124 valence electrons. The summed E-state index contributed by atoms with van der Waals surface area (Å²) in [7, 11) is 0. The number of tetrazole rings is 1. The number of oxazole rings is 1. The second-order valence-electron chi connectivity index (χ2n) is 5.31. The van der Waals surface area contributed by atoms with Crippen molar-refractivity contribution in [2.24, 2.45) is 0 Å². The molecule has 0 saturated carbocycles. The maximum absolute atomic E-state index is 13.3. The summed E-state index contributed by atoms with van der Waals surface area (Å²) < 4.78 is 18.8. The van der Waals surface area contributed by atoms with E-state index in [2.05, 4.69) is 20.4 Å². The third-order valence-corrected chi connectivity index (χ3v) is 3.70. The topological polar surface area (TPSA) is 69.6 Å². The summed E-state index contributed by atoms with van der Waals surface area (Å²) in [6.45, 7) is 0.284. The molecule has 0 spiro atoms. The summed E-state index contributed by atoms with van der Waals surface area (Å²) in [5.41, 5.74) is 1.98. The molecule has 0 atom stereocenters. The van der Waals surface area contributed by atoms with E-state index in [0.717, 1.165) is 5.56 Å². The lowest BCUT2D eigenvalue weighted by Crippen LogP contribution is -2.04. The molecule has 0 saturated heterocycles. The third kappa shape index (κ3) is 3.41. The molecule has 6 nitrogen and oxygen atoms in total. The summed E-state index contributed by atoms with van der Waals surface area (Å²) in [4.78, 5) is 5.77. The van der Waals surface area contributed by atoms with Crippen molar-refractivity contribution in [2.45, 2.75) is 6.54 Å². The predicted octanol–water partition coefficient (Wildman–Crippen LogP) is 3.84. The van der Waals surface area contributed by atoms with Crippen molar-refractivity contribution < 1.29 is 8.81 Å². The van der Waals surface area contributed by atoms with E-state index in [0.29, 0.717) is 28.0 Å². The lowest BCUT2D eigenvalue weighted by Gasteiger charge is -1.96. The number of nitrogens with zero attached hydrogens (tertiary/aromatic N) is 5. The Morgan fingerprint density at radius 3 is 2.76 bits per heavy atom. The molecule has 0 unspecified atom stereocenters. The molecule has 0 fully saturated rings. The Balaban J connectivity index is 1.54. The van der Waals surface area contributed by atoms with Gasteiger partial charge in [-0.3, -0.25) is 0 Å². The zero-order valence-electron chi connectivity index (χ0n) is 12.8. The highest BCUT2D eigenvalue weighted by Crippen LogP contribution is 2.22. The van der Waals surface area contributed by atoms with Gasteiger partial charge in [0, 0.05) is 16.1 Å². The Morgan fingerprint density at radius 1 is 1.08 bits per heavy atom. The average Bonchev–Trinajstić information content (AvgIpc) is 3.25. The highest BCUT2D eigenvalue weighted by molar-refractivity contribution is 6.30. The molecule has 0 aliphatic rings. The van der Waals surface area contributed by atoms with Crippen LogP contribution in [-0.2, 0) is 6.54 Å². The maximum Gasteiger partial charge on any atom is 0.226 e. The van der Waals surface area contributed by atoms with Crippen molar-refractivity contribution >= 4 is 11.6 Å². The first-order valence-corrected chi connectivity index (χ1v) is 7.79. The van der Waals surface area contributed by atoms with E-state index in [1.54, 1.807) is 24.3 Å². The highest BCUT2D eigenvalue weighted by atomic mass is 35.5. The summed E-state index contributed by atoms with van der Waals surface area (Å²) in [6, 6.07) is 13.3. The molecule has 0 N–H and O–H groups in total. The van der Waals surface area contributed by atoms with Crippen molar-refractivity contribution in [2.75, 3.05) is 0 Å². The van der Waals surface area contributed by atoms with Gasteiger partial charge in [0.25, 0.3) is 0 Å². The number of halogens is 2. The fourth-order valence-corrected chi connectivity index (χ4v) is 2.52. The van der Waals surface area contributed by atoms with E-state index in [4.69, 9.17) is 16.0 Å². The molecule has 4 aromatic rings. The third-order valence-electron chi connectivity index (χ3n) is 3.46. The zero-order valence-corrected chi connectivity index (χ0v) is 13.6. The van der Waals surface area contributed by atoms with Crippen LogP contribution in [0.5, 0.6) is 0 Å². The Bertz CT molecular complexity index is 947. The van der Waals surface area contributed by atoms with Crippen LogP contribution in [0.15, 0.2) is 59.2 Å². The highest BCUT2D eigenvalue weighted by Gasteiger charge is 2.11.